The molecule has 2 aromatic heterocycles. The van der Waals surface area contributed by atoms with Crippen molar-refractivity contribution in [3.63, 3.8) is 0 Å². The molecule has 8 heteroatoms. The van der Waals surface area contributed by atoms with Crippen molar-refractivity contribution in [3.8, 4) is 17.4 Å². The molecular formula is C23H19BrN4O3. The van der Waals surface area contributed by atoms with Crippen LogP contribution in [0.15, 0.2) is 90.1 Å². The number of hydrogen-bond donors (Lipinski definition) is 1. The van der Waals surface area contributed by atoms with Gasteiger partial charge in [0.2, 0.25) is 5.88 Å². The highest BCUT2D eigenvalue weighted by atomic mass is 79.9. The van der Waals surface area contributed by atoms with E-state index in [2.05, 4.69) is 31.2 Å². The summed E-state index contributed by atoms with van der Waals surface area (Å²) in [6.45, 7) is 1.11. The van der Waals surface area contributed by atoms with E-state index >= 15 is 0 Å². The van der Waals surface area contributed by atoms with E-state index in [1.54, 1.807) is 30.7 Å². The van der Waals surface area contributed by atoms with Crippen molar-refractivity contribution in [2.45, 2.75) is 6.54 Å². The van der Waals surface area contributed by atoms with Gasteiger partial charge in [-0.1, -0.05) is 34.1 Å². The summed E-state index contributed by atoms with van der Waals surface area (Å²) in [5, 5.41) is 2.88. The third-order valence-electron chi connectivity index (χ3n) is 4.32. The summed E-state index contributed by atoms with van der Waals surface area (Å²) in [4.78, 5) is 20.9. The van der Waals surface area contributed by atoms with Gasteiger partial charge in [-0.05, 0) is 36.4 Å². The predicted octanol–water partition coefficient (Wildman–Crippen LogP) is 5.16. The van der Waals surface area contributed by atoms with Crippen LogP contribution < -0.4 is 14.8 Å². The molecule has 0 unspecified atom stereocenters. The van der Waals surface area contributed by atoms with Gasteiger partial charge in [0, 0.05) is 29.1 Å². The molecular weight excluding hydrogens is 460 g/mol. The van der Waals surface area contributed by atoms with Gasteiger partial charge in [-0.25, -0.2) is 9.97 Å². The van der Waals surface area contributed by atoms with E-state index in [1.165, 1.54) is 6.20 Å². The normalized spacial score (nSPS) is 10.5. The minimum absolute atomic E-state index is 0.285. The molecule has 4 aromatic rings. The minimum Gasteiger partial charge on any atom is -0.490 e. The first-order valence-corrected chi connectivity index (χ1v) is 10.3. The van der Waals surface area contributed by atoms with Crippen LogP contribution in [0.4, 0.5) is 5.69 Å². The summed E-state index contributed by atoms with van der Waals surface area (Å²) in [7, 11) is 0. The van der Waals surface area contributed by atoms with Gasteiger partial charge in [0.1, 0.15) is 18.1 Å². The Balaban J connectivity index is 1.37. The smallest absolute Gasteiger partial charge is 0.257 e. The highest BCUT2D eigenvalue weighted by Gasteiger charge is 2.11. The number of halogens is 1. The Bertz CT molecular complexity index is 1150. The first kappa shape index (κ1) is 20.6. The number of amides is 1. The van der Waals surface area contributed by atoms with Gasteiger partial charge in [-0.15, -0.1) is 0 Å². The van der Waals surface area contributed by atoms with Crippen LogP contribution in [0.5, 0.6) is 17.4 Å². The number of carbonyl (C=O) groups is 1. The van der Waals surface area contributed by atoms with Crippen molar-refractivity contribution >= 4 is 27.5 Å². The maximum Gasteiger partial charge on any atom is 0.257 e. The number of nitrogens with zero attached hydrogens (tertiary/aromatic N) is 3. The fourth-order valence-corrected chi connectivity index (χ4v) is 3.17. The van der Waals surface area contributed by atoms with Crippen molar-refractivity contribution in [1.29, 1.82) is 0 Å². The molecule has 1 N–H and O–H groups in total. The number of benzene rings is 2. The zero-order valence-corrected chi connectivity index (χ0v) is 18.0. The van der Waals surface area contributed by atoms with Gasteiger partial charge in [0.25, 0.3) is 5.91 Å². The monoisotopic (exact) mass is 478 g/mol. The molecule has 31 heavy (non-hydrogen) atoms. The van der Waals surface area contributed by atoms with Crippen molar-refractivity contribution in [2.75, 3.05) is 11.9 Å². The number of rotatable bonds is 8. The molecule has 0 bridgehead atoms. The van der Waals surface area contributed by atoms with E-state index in [4.69, 9.17) is 9.47 Å². The summed E-state index contributed by atoms with van der Waals surface area (Å²) >= 11 is 3.40. The third kappa shape index (κ3) is 5.70. The van der Waals surface area contributed by atoms with Crippen molar-refractivity contribution in [2.24, 2.45) is 0 Å². The fourth-order valence-electron chi connectivity index (χ4n) is 2.80. The molecule has 0 saturated heterocycles. The van der Waals surface area contributed by atoms with Crippen LogP contribution >= 0.6 is 15.9 Å². The number of pyridine rings is 1. The van der Waals surface area contributed by atoms with E-state index in [-0.39, 0.29) is 5.91 Å². The Morgan fingerprint density at radius 3 is 2.77 bits per heavy atom. The average Bonchev–Trinajstić information content (AvgIpc) is 3.29. The van der Waals surface area contributed by atoms with Gasteiger partial charge >= 0.3 is 0 Å². The largest absolute Gasteiger partial charge is 0.490 e. The third-order valence-corrected chi connectivity index (χ3v) is 4.81. The molecule has 2 aromatic carbocycles. The van der Waals surface area contributed by atoms with Crippen molar-refractivity contribution in [1.82, 2.24) is 14.5 Å². The van der Waals surface area contributed by atoms with Crippen molar-refractivity contribution in [3.05, 3.63) is 95.6 Å². The lowest BCUT2D eigenvalue weighted by molar-refractivity contribution is 0.102. The van der Waals surface area contributed by atoms with Crippen molar-refractivity contribution < 1.29 is 14.3 Å². The average molecular weight is 479 g/mol. The Labute approximate surface area is 187 Å². The molecule has 2 heterocycles. The second kappa shape index (κ2) is 9.90. The minimum atomic E-state index is -0.285. The quantitative estimate of drug-likeness (QED) is 0.378. The van der Waals surface area contributed by atoms with E-state index < -0.39 is 0 Å². The number of carbonyl (C=O) groups excluding carboxylic acids is 1. The zero-order chi connectivity index (χ0) is 21.5. The molecule has 1 amide bonds. The molecule has 0 spiro atoms. The second-order valence-electron chi connectivity index (χ2n) is 6.54. The lowest BCUT2D eigenvalue weighted by atomic mass is 10.2. The van der Waals surface area contributed by atoms with Crippen LogP contribution in [0.3, 0.4) is 0 Å². The molecule has 0 aliphatic heterocycles. The summed E-state index contributed by atoms with van der Waals surface area (Å²) in [6.07, 6.45) is 6.80. The fraction of sp³-hybridized carbons (Fsp3) is 0.0870. The lowest BCUT2D eigenvalue weighted by Crippen LogP contribution is -2.14. The van der Waals surface area contributed by atoms with Crippen LogP contribution in [-0.4, -0.2) is 27.0 Å². The van der Waals surface area contributed by atoms with Crippen LogP contribution in [-0.2, 0) is 6.54 Å². The number of ether oxygens (including phenoxy) is 2. The van der Waals surface area contributed by atoms with E-state index in [9.17, 15) is 4.79 Å². The highest BCUT2D eigenvalue weighted by molar-refractivity contribution is 9.10. The number of aromatic nitrogens is 3. The molecule has 0 atom stereocenters. The Kier molecular flexibility index (Phi) is 6.59. The molecule has 4 rings (SSSR count). The Morgan fingerprint density at radius 2 is 2.00 bits per heavy atom. The number of nitrogens with one attached hydrogen (secondary N) is 1. The number of imidazole rings is 1. The number of para-hydroxylation sites is 2. The van der Waals surface area contributed by atoms with Gasteiger partial charge in [-0.3, -0.25) is 4.79 Å². The maximum absolute atomic E-state index is 12.7. The first-order valence-electron chi connectivity index (χ1n) is 9.56. The van der Waals surface area contributed by atoms with Crippen LogP contribution in [0.25, 0.3) is 0 Å². The van der Waals surface area contributed by atoms with E-state index in [1.807, 2.05) is 53.2 Å². The standard InChI is InChI=1S/C23H19BrN4O3/c24-18-4-3-5-19(14-18)31-22-9-8-17(15-26-22)23(29)27-20-6-1-2-7-21(20)30-13-12-28-11-10-25-16-28/h1-11,14-16H,12-13H2,(H,27,29). The molecule has 0 fully saturated rings. The number of hydrogen-bond acceptors (Lipinski definition) is 5. The van der Waals surface area contributed by atoms with Crippen LogP contribution in [0.2, 0.25) is 0 Å². The van der Waals surface area contributed by atoms with Crippen LogP contribution in [0.1, 0.15) is 10.4 Å². The van der Waals surface area contributed by atoms with E-state index in [0.29, 0.717) is 41.8 Å². The Morgan fingerprint density at radius 1 is 1.10 bits per heavy atom. The van der Waals surface area contributed by atoms with Gasteiger partial charge < -0.3 is 19.4 Å². The Hall–Kier alpha value is -3.65. The molecule has 0 aliphatic rings. The SMILES string of the molecule is O=C(Nc1ccccc1OCCn1ccnc1)c1ccc(Oc2cccc(Br)c2)nc1. The number of anilines is 1. The zero-order valence-electron chi connectivity index (χ0n) is 16.4. The maximum atomic E-state index is 12.7. The first-order chi connectivity index (χ1) is 15.2. The van der Waals surface area contributed by atoms with Crippen LogP contribution in [0, 0.1) is 0 Å². The summed E-state index contributed by atoms with van der Waals surface area (Å²) in [5.74, 6) is 1.37. The molecule has 0 saturated carbocycles. The summed E-state index contributed by atoms with van der Waals surface area (Å²) in [5.41, 5.74) is 1.00. The highest BCUT2D eigenvalue weighted by Crippen LogP contribution is 2.25. The summed E-state index contributed by atoms with van der Waals surface area (Å²) < 4.78 is 14.4. The molecule has 7 nitrogen and oxygen atoms in total. The van der Waals surface area contributed by atoms with E-state index in [0.717, 1.165) is 4.47 Å². The molecule has 0 aliphatic carbocycles. The van der Waals surface area contributed by atoms with Gasteiger partial charge in [-0.2, -0.15) is 0 Å². The summed E-state index contributed by atoms with van der Waals surface area (Å²) in [6, 6.07) is 18.1. The van der Waals surface area contributed by atoms with Gasteiger partial charge in [0.15, 0.2) is 0 Å². The van der Waals surface area contributed by atoms with Gasteiger partial charge in [0.05, 0.1) is 24.1 Å². The lowest BCUT2D eigenvalue weighted by Gasteiger charge is -2.13. The topological polar surface area (TPSA) is 78.3 Å². The second-order valence-corrected chi connectivity index (χ2v) is 7.46. The molecule has 156 valence electrons. The molecule has 0 radical (unpaired) electrons. The predicted molar refractivity (Wildman–Crippen MR) is 121 cm³/mol.